The van der Waals surface area contributed by atoms with E-state index < -0.39 is 37.9 Å². The van der Waals surface area contributed by atoms with Crippen molar-refractivity contribution in [2.45, 2.75) is 36.1 Å². The van der Waals surface area contributed by atoms with Crippen LogP contribution in [0.15, 0.2) is 11.4 Å². The Labute approximate surface area is 130 Å². The molecule has 2 aliphatic heterocycles. The fraction of sp³-hybridized carbons (Fsp3) is 0.545. The van der Waals surface area contributed by atoms with E-state index >= 15 is 0 Å². The summed E-state index contributed by atoms with van der Waals surface area (Å²) in [6.45, 7) is 0.993. The first-order valence-electron chi connectivity index (χ1n) is 6.57. The van der Waals surface area contributed by atoms with Crippen molar-refractivity contribution in [2.75, 3.05) is 0 Å². The number of carbonyl (C=O) groups is 2. The Balaban J connectivity index is 2.02. The lowest BCUT2D eigenvalue weighted by molar-refractivity contribution is -0.157. The van der Waals surface area contributed by atoms with E-state index in [9.17, 15) is 23.1 Å². The van der Waals surface area contributed by atoms with Gasteiger partial charge in [-0.1, -0.05) is 10.4 Å². The quantitative estimate of drug-likeness (QED) is 0.283. The van der Waals surface area contributed by atoms with Crippen LogP contribution in [0.25, 0.3) is 0 Å². The summed E-state index contributed by atoms with van der Waals surface area (Å²) in [6, 6.07) is -1.49. The number of carboxylic acids is 1. The molecule has 1 aromatic heterocycles. The Morgan fingerprint density at radius 2 is 2.30 bits per heavy atom. The van der Waals surface area contributed by atoms with E-state index in [-0.39, 0.29) is 18.7 Å². The molecule has 23 heavy (non-hydrogen) atoms. The average molecular weight is 343 g/mol. The van der Waals surface area contributed by atoms with E-state index in [0.29, 0.717) is 0 Å². The molecule has 3 atom stereocenters. The second-order valence-electron chi connectivity index (χ2n) is 5.64. The molecular weight excluding hydrogens is 330 g/mol. The van der Waals surface area contributed by atoms with Gasteiger partial charge in [-0.05, 0) is 6.92 Å². The summed E-state index contributed by atoms with van der Waals surface area (Å²) in [4.78, 5) is 24.2. The number of hydrogen-bond acceptors (Lipinski definition) is 8. The third-order valence-electron chi connectivity index (χ3n) is 4.27. The topological polar surface area (TPSA) is 155 Å². The van der Waals surface area contributed by atoms with E-state index in [4.69, 9.17) is 5.21 Å². The summed E-state index contributed by atoms with van der Waals surface area (Å²) in [5.41, 5.74) is 0.178. The Morgan fingerprint density at radius 3 is 2.87 bits per heavy atom. The molecule has 0 saturated carbocycles. The summed E-state index contributed by atoms with van der Waals surface area (Å²) >= 11 is 0. The van der Waals surface area contributed by atoms with Crippen LogP contribution in [0, 0.1) is 0 Å². The van der Waals surface area contributed by atoms with E-state index in [1.165, 1.54) is 13.1 Å². The number of fused-ring (bicyclic) bond motifs is 1. The Hall–Kier alpha value is -2.50. The van der Waals surface area contributed by atoms with Crippen molar-refractivity contribution in [3.05, 3.63) is 11.9 Å². The van der Waals surface area contributed by atoms with Gasteiger partial charge in [0.1, 0.15) is 15.8 Å². The van der Waals surface area contributed by atoms with Crippen molar-refractivity contribution in [3.63, 3.8) is 0 Å². The van der Waals surface area contributed by atoms with E-state index in [1.54, 1.807) is 0 Å². The smallest absolute Gasteiger partial charge is 0.328 e. The number of carbonyl (C=O) groups excluding carboxylic acids is 1. The van der Waals surface area contributed by atoms with Crippen LogP contribution >= 0.6 is 0 Å². The van der Waals surface area contributed by atoms with Crippen molar-refractivity contribution in [3.8, 4) is 0 Å². The third kappa shape index (κ3) is 1.94. The maximum Gasteiger partial charge on any atom is 0.328 e. The zero-order valence-electron chi connectivity index (χ0n) is 11.9. The fourth-order valence-corrected chi connectivity index (χ4v) is 5.48. The summed E-state index contributed by atoms with van der Waals surface area (Å²) in [6.07, 6.45) is 2.11. The maximum atomic E-state index is 12.7. The van der Waals surface area contributed by atoms with Crippen LogP contribution in [-0.4, -0.2) is 72.9 Å². The van der Waals surface area contributed by atoms with Gasteiger partial charge in [-0.15, -0.1) is 5.10 Å². The van der Waals surface area contributed by atoms with Gasteiger partial charge >= 0.3 is 5.97 Å². The lowest BCUT2D eigenvalue weighted by atomic mass is 9.96. The molecule has 0 spiro atoms. The van der Waals surface area contributed by atoms with E-state index in [1.807, 2.05) is 0 Å². The number of carboxylic acid groups (broad SMARTS) is 1. The highest BCUT2D eigenvalue weighted by atomic mass is 32.2. The predicted octanol–water partition coefficient (Wildman–Crippen LogP) is -1.72. The SMILES string of the molecule is C[C@]1(Cn2cc(/C=N/O)nn2)[C@H](C(=O)O)N2C(=O)C[C@H]2S1(=O)=O. The van der Waals surface area contributed by atoms with Gasteiger partial charge < -0.3 is 15.2 Å². The van der Waals surface area contributed by atoms with Gasteiger partial charge in [0.25, 0.3) is 0 Å². The second kappa shape index (κ2) is 4.75. The summed E-state index contributed by atoms with van der Waals surface area (Å²) < 4.78 is 24.8. The minimum atomic E-state index is -3.90. The van der Waals surface area contributed by atoms with Gasteiger partial charge in [-0.25, -0.2) is 13.2 Å². The van der Waals surface area contributed by atoms with Crippen molar-refractivity contribution in [1.29, 1.82) is 0 Å². The van der Waals surface area contributed by atoms with Gasteiger partial charge in [0, 0.05) is 0 Å². The molecule has 0 unspecified atom stereocenters. The molecule has 0 radical (unpaired) electrons. The summed E-state index contributed by atoms with van der Waals surface area (Å²) in [5.74, 6) is -1.88. The molecule has 0 aliphatic carbocycles. The maximum absolute atomic E-state index is 12.7. The zero-order valence-corrected chi connectivity index (χ0v) is 12.7. The van der Waals surface area contributed by atoms with Crippen molar-refractivity contribution in [2.24, 2.45) is 5.16 Å². The third-order valence-corrected chi connectivity index (χ3v) is 7.03. The number of aliphatic carboxylic acids is 1. The molecule has 2 saturated heterocycles. The molecule has 3 heterocycles. The first-order valence-corrected chi connectivity index (χ1v) is 8.12. The molecule has 2 N–H and O–H groups in total. The highest BCUT2D eigenvalue weighted by Crippen LogP contribution is 2.46. The van der Waals surface area contributed by atoms with Crippen LogP contribution in [-0.2, 0) is 26.0 Å². The molecule has 2 aliphatic rings. The first-order chi connectivity index (χ1) is 10.7. The average Bonchev–Trinajstić information content (AvgIpc) is 2.92. The van der Waals surface area contributed by atoms with Crippen LogP contribution in [0.5, 0.6) is 0 Å². The molecule has 2 fully saturated rings. The standard InChI is InChI=1S/C11H13N5O6S/c1-11(5-15-4-6(3-12-20)13-14-15)9(10(18)19)16-7(17)2-8(16)23(11,21)22/h3-4,8-9,20H,2,5H2,1H3,(H,18,19)/b12-3+/t8-,9+,11+/m1/s1. The number of sulfone groups is 1. The predicted molar refractivity (Wildman–Crippen MR) is 73.4 cm³/mol. The molecule has 11 nitrogen and oxygen atoms in total. The number of aromatic nitrogens is 3. The molecule has 1 aromatic rings. The van der Waals surface area contributed by atoms with Crippen LogP contribution in [0.3, 0.4) is 0 Å². The Bertz CT molecular complexity index is 817. The lowest BCUT2D eigenvalue weighted by Crippen LogP contribution is -2.58. The van der Waals surface area contributed by atoms with Crippen LogP contribution in [0.1, 0.15) is 19.0 Å². The van der Waals surface area contributed by atoms with Gasteiger partial charge in [-0.3, -0.25) is 9.48 Å². The minimum absolute atomic E-state index is 0.178. The van der Waals surface area contributed by atoms with Gasteiger partial charge in [0.05, 0.1) is 25.4 Å². The van der Waals surface area contributed by atoms with Crippen LogP contribution in [0.2, 0.25) is 0 Å². The largest absolute Gasteiger partial charge is 0.480 e. The van der Waals surface area contributed by atoms with Crippen molar-refractivity contribution in [1.82, 2.24) is 19.9 Å². The van der Waals surface area contributed by atoms with Gasteiger partial charge in [0.15, 0.2) is 15.9 Å². The summed E-state index contributed by atoms with van der Waals surface area (Å²) in [7, 11) is -3.90. The monoisotopic (exact) mass is 343 g/mol. The van der Waals surface area contributed by atoms with Crippen LogP contribution in [0.4, 0.5) is 0 Å². The molecule has 0 aromatic carbocycles. The fourth-order valence-electron chi connectivity index (χ4n) is 3.12. The van der Waals surface area contributed by atoms with Gasteiger partial charge in [-0.2, -0.15) is 0 Å². The molecule has 124 valence electrons. The molecule has 1 amide bonds. The number of oxime groups is 1. The minimum Gasteiger partial charge on any atom is -0.480 e. The molecular formula is C11H13N5O6S. The van der Waals surface area contributed by atoms with E-state index in [0.717, 1.165) is 15.8 Å². The highest BCUT2D eigenvalue weighted by molar-refractivity contribution is 7.93. The van der Waals surface area contributed by atoms with Crippen molar-refractivity contribution >= 4 is 27.9 Å². The zero-order chi connectivity index (χ0) is 17.0. The van der Waals surface area contributed by atoms with Crippen LogP contribution < -0.4 is 0 Å². The number of hydrogen-bond donors (Lipinski definition) is 2. The summed E-state index contributed by atoms with van der Waals surface area (Å²) in [5, 5.41) is 26.9. The second-order valence-corrected chi connectivity index (χ2v) is 8.21. The lowest BCUT2D eigenvalue weighted by Gasteiger charge is -2.35. The molecule has 12 heteroatoms. The number of nitrogens with zero attached hydrogens (tertiary/aromatic N) is 5. The Morgan fingerprint density at radius 1 is 1.61 bits per heavy atom. The van der Waals surface area contributed by atoms with Crippen molar-refractivity contribution < 1.29 is 28.3 Å². The number of rotatable bonds is 4. The van der Waals surface area contributed by atoms with E-state index in [2.05, 4.69) is 15.5 Å². The van der Waals surface area contributed by atoms with Gasteiger partial charge in [0.2, 0.25) is 5.91 Å². The first kappa shape index (κ1) is 15.4. The molecule has 0 bridgehead atoms. The highest BCUT2D eigenvalue weighted by Gasteiger charge is 2.70. The number of amides is 1. The number of β-lactam (4-membered cyclic amide) rings is 1. The normalized spacial score (nSPS) is 32.0. The Kier molecular flexibility index (Phi) is 3.18. The molecule has 3 rings (SSSR count).